The number of nitrogens with zero attached hydrogens (tertiary/aromatic N) is 3. The number of hydrogen-bond donors (Lipinski definition) is 1. The van der Waals surface area contributed by atoms with Gasteiger partial charge in [-0.1, -0.05) is 11.6 Å². The highest BCUT2D eigenvalue weighted by Gasteiger charge is 2.31. The van der Waals surface area contributed by atoms with E-state index < -0.39 is 17.4 Å². The Morgan fingerprint density at radius 3 is 2.45 bits per heavy atom. The molecule has 0 bridgehead atoms. The number of pyridine rings is 1. The summed E-state index contributed by atoms with van der Waals surface area (Å²) in [6, 6.07) is 1.35. The highest BCUT2D eigenvalue weighted by molar-refractivity contribution is 6.34. The summed E-state index contributed by atoms with van der Waals surface area (Å²) in [5.41, 5.74) is -0.402. The lowest BCUT2D eigenvalue weighted by molar-refractivity contribution is -0.118. The number of ether oxygens (including phenoxy) is 1. The summed E-state index contributed by atoms with van der Waals surface area (Å²) in [6.07, 6.45) is 1.25. The molecule has 2 heterocycles. The normalized spacial score (nSPS) is 16.8. The first-order chi connectivity index (χ1) is 14.3. The van der Waals surface area contributed by atoms with Crippen LogP contribution in [-0.4, -0.2) is 59.2 Å². The van der Waals surface area contributed by atoms with Crippen LogP contribution in [0.2, 0.25) is 5.02 Å². The van der Waals surface area contributed by atoms with Crippen LogP contribution in [0, 0.1) is 5.82 Å². The van der Waals surface area contributed by atoms with E-state index >= 15 is 4.39 Å². The quantitative estimate of drug-likeness (QED) is 0.665. The molecule has 1 aromatic carbocycles. The molecule has 2 aliphatic rings. The molecule has 31 heavy (non-hydrogen) atoms. The molecular weight excluding hydrogens is 452 g/mol. The second-order valence-electron chi connectivity index (χ2n) is 7.71. The van der Waals surface area contributed by atoms with Crippen LogP contribution in [-0.2, 0) is 4.79 Å². The van der Waals surface area contributed by atoms with Crippen molar-refractivity contribution in [2.75, 3.05) is 37.6 Å². The predicted octanol–water partition coefficient (Wildman–Crippen LogP) is 3.32. The fourth-order valence-corrected chi connectivity index (χ4v) is 4.26. The Morgan fingerprint density at radius 1 is 1.26 bits per heavy atom. The lowest BCUT2D eigenvalue weighted by Crippen LogP contribution is -2.48. The molecule has 2 fully saturated rings. The highest BCUT2D eigenvalue weighted by Crippen LogP contribution is 2.41. The van der Waals surface area contributed by atoms with Gasteiger partial charge in [0.05, 0.1) is 34.4 Å². The molecule has 0 amide bonds. The molecule has 0 spiro atoms. The van der Waals surface area contributed by atoms with Crippen molar-refractivity contribution < 1.29 is 23.8 Å². The lowest BCUT2D eigenvalue weighted by atomic mass is 10.1. The maximum Gasteiger partial charge on any atom is 0.511 e. The number of carboxylic acid groups (broad SMARTS) is 1. The smallest absolute Gasteiger partial charge is 0.449 e. The van der Waals surface area contributed by atoms with Gasteiger partial charge in [0.1, 0.15) is 5.78 Å². The Labute approximate surface area is 188 Å². The molecule has 11 heteroatoms. The van der Waals surface area contributed by atoms with Gasteiger partial charge in [-0.15, -0.1) is 12.4 Å². The van der Waals surface area contributed by atoms with Crippen LogP contribution in [0.3, 0.4) is 0 Å². The predicted molar refractivity (Wildman–Crippen MR) is 117 cm³/mol. The van der Waals surface area contributed by atoms with Crippen molar-refractivity contribution in [2.45, 2.75) is 25.8 Å². The maximum atomic E-state index is 15.7. The number of rotatable bonds is 5. The van der Waals surface area contributed by atoms with Crippen molar-refractivity contribution >= 4 is 52.5 Å². The van der Waals surface area contributed by atoms with E-state index in [9.17, 15) is 14.4 Å². The van der Waals surface area contributed by atoms with Crippen molar-refractivity contribution in [3.8, 4) is 5.75 Å². The molecule has 2 aromatic rings. The summed E-state index contributed by atoms with van der Waals surface area (Å²) in [4.78, 5) is 38.8. The second-order valence-corrected chi connectivity index (χ2v) is 8.12. The highest BCUT2D eigenvalue weighted by atomic mass is 35.5. The van der Waals surface area contributed by atoms with E-state index in [1.165, 1.54) is 19.2 Å². The number of ketones is 1. The van der Waals surface area contributed by atoms with Crippen LogP contribution in [0.1, 0.15) is 25.8 Å². The average molecular weight is 474 g/mol. The van der Waals surface area contributed by atoms with Crippen LogP contribution < -0.4 is 15.1 Å². The van der Waals surface area contributed by atoms with Gasteiger partial charge in [0, 0.05) is 32.2 Å². The van der Waals surface area contributed by atoms with Gasteiger partial charge in [-0.25, -0.2) is 9.18 Å². The van der Waals surface area contributed by atoms with Gasteiger partial charge in [-0.3, -0.25) is 14.5 Å². The van der Waals surface area contributed by atoms with Gasteiger partial charge in [-0.05, 0) is 25.8 Å². The van der Waals surface area contributed by atoms with E-state index in [0.29, 0.717) is 32.7 Å². The van der Waals surface area contributed by atoms with E-state index in [1.807, 2.05) is 9.80 Å². The zero-order valence-corrected chi connectivity index (χ0v) is 18.3. The molecular formula is C20H22Cl2FN3O5. The molecule has 0 atom stereocenters. The van der Waals surface area contributed by atoms with E-state index in [4.69, 9.17) is 16.7 Å². The Bertz CT molecular complexity index is 1090. The zero-order chi connectivity index (χ0) is 21.6. The molecule has 0 radical (unpaired) electrons. The fraction of sp³-hybridized carbons (Fsp3) is 0.450. The number of piperazine rings is 1. The van der Waals surface area contributed by atoms with Crippen molar-refractivity contribution in [3.05, 3.63) is 33.3 Å². The minimum Gasteiger partial charge on any atom is -0.449 e. The number of halogens is 3. The number of anilines is 1. The average Bonchev–Trinajstić information content (AvgIpc) is 3.50. The number of carbonyl (C=O) groups excluding carboxylic acids is 1. The van der Waals surface area contributed by atoms with E-state index in [2.05, 4.69) is 4.74 Å². The molecule has 0 unspecified atom stereocenters. The summed E-state index contributed by atoms with van der Waals surface area (Å²) >= 11 is 6.39. The largest absolute Gasteiger partial charge is 0.511 e. The van der Waals surface area contributed by atoms with Gasteiger partial charge >= 0.3 is 6.16 Å². The van der Waals surface area contributed by atoms with Crippen LogP contribution in [0.15, 0.2) is 17.1 Å². The number of Topliss-reactive ketones (excluding diaryl/α,β-unsaturated/α-hetero) is 1. The SMILES string of the molecule is CC(=O)CN1CCN(c2c(Cl)cc3c(=O)c(OC(=O)O)cn(C4CC4)c3c2F)CC1.Cl. The second kappa shape index (κ2) is 9.02. The number of benzene rings is 1. The molecule has 1 aromatic heterocycles. The minimum atomic E-state index is -1.61. The summed E-state index contributed by atoms with van der Waals surface area (Å²) in [5.74, 6) is -0.905. The van der Waals surface area contributed by atoms with Gasteiger partial charge in [-0.2, -0.15) is 0 Å². The summed E-state index contributed by atoms with van der Waals surface area (Å²) in [7, 11) is 0. The summed E-state index contributed by atoms with van der Waals surface area (Å²) in [6.45, 7) is 4.05. The fourth-order valence-electron chi connectivity index (χ4n) is 3.95. The first-order valence-corrected chi connectivity index (χ1v) is 10.1. The van der Waals surface area contributed by atoms with Crippen LogP contribution in [0.5, 0.6) is 5.75 Å². The Morgan fingerprint density at radius 2 is 1.90 bits per heavy atom. The number of fused-ring (bicyclic) bond motifs is 1. The maximum absolute atomic E-state index is 15.7. The standard InChI is InChI=1S/C20H21ClFN3O5.ClH/c1-11(26)9-23-4-6-24(7-5-23)18-14(21)8-13-17(16(18)22)25(12-2-3-12)10-15(19(13)27)30-20(28)29;/h8,10,12H,2-7,9H2,1H3,(H,28,29);1H. The molecule has 168 valence electrons. The third-order valence-corrected chi connectivity index (χ3v) is 5.71. The van der Waals surface area contributed by atoms with Crippen LogP contribution >= 0.6 is 24.0 Å². The van der Waals surface area contributed by atoms with E-state index in [-0.39, 0.29) is 51.6 Å². The molecule has 4 rings (SSSR count). The topological polar surface area (TPSA) is 92.1 Å². The summed E-state index contributed by atoms with van der Waals surface area (Å²) in [5, 5.41) is 8.97. The number of carbonyl (C=O) groups is 2. The molecule has 1 aliphatic carbocycles. The lowest BCUT2D eigenvalue weighted by Gasteiger charge is -2.36. The van der Waals surface area contributed by atoms with E-state index in [1.54, 1.807) is 4.57 Å². The van der Waals surface area contributed by atoms with Gasteiger partial charge in [0.2, 0.25) is 5.43 Å². The summed E-state index contributed by atoms with van der Waals surface area (Å²) < 4.78 is 21.9. The van der Waals surface area contributed by atoms with Crippen molar-refractivity contribution in [2.24, 2.45) is 0 Å². The van der Waals surface area contributed by atoms with Crippen molar-refractivity contribution in [1.29, 1.82) is 0 Å². The van der Waals surface area contributed by atoms with Gasteiger partial charge in [0.15, 0.2) is 11.6 Å². The van der Waals surface area contributed by atoms with E-state index in [0.717, 1.165) is 12.8 Å². The molecule has 1 aliphatic heterocycles. The van der Waals surface area contributed by atoms with Crippen molar-refractivity contribution in [3.63, 3.8) is 0 Å². The molecule has 1 N–H and O–H groups in total. The van der Waals surface area contributed by atoms with Crippen molar-refractivity contribution in [1.82, 2.24) is 9.47 Å². The van der Waals surface area contributed by atoms with Gasteiger partial charge in [0.25, 0.3) is 0 Å². The third-order valence-electron chi connectivity index (χ3n) is 5.42. The van der Waals surface area contributed by atoms with Crippen LogP contribution in [0.25, 0.3) is 10.9 Å². The first kappa shape index (κ1) is 23.3. The van der Waals surface area contributed by atoms with Crippen LogP contribution in [0.4, 0.5) is 14.9 Å². The minimum absolute atomic E-state index is 0. The third kappa shape index (κ3) is 4.63. The Balaban J connectivity index is 0.00000272. The number of hydrogen-bond acceptors (Lipinski definition) is 6. The molecule has 8 nitrogen and oxygen atoms in total. The Kier molecular flexibility index (Phi) is 6.78. The monoisotopic (exact) mass is 473 g/mol. The zero-order valence-electron chi connectivity index (χ0n) is 16.8. The first-order valence-electron chi connectivity index (χ1n) is 9.70. The molecule has 1 saturated heterocycles. The van der Waals surface area contributed by atoms with Gasteiger partial charge < -0.3 is 19.3 Å². The molecule has 1 saturated carbocycles. The number of aromatic nitrogens is 1. The Hall–Kier alpha value is -2.36.